The average Bonchev–Trinajstić information content (AvgIpc) is 2.95. The SMILES string of the molecule is O=S(=O)(Nc1ccncn1)c1ccc(Br)cc1.O=S(=O)(Nc1ccncn1)c1ccc(N2CCNCC2)cc1. The number of nitrogens with zero attached hydrogens (tertiary/aromatic N) is 5. The minimum Gasteiger partial charge on any atom is -0.369 e. The average molecular weight is 634 g/mol. The zero-order valence-electron chi connectivity index (χ0n) is 20.5. The Labute approximate surface area is 235 Å². The standard InChI is InChI=1S/C14H17N5O2S.C10H8BrN3O2S/c20-22(21,18-14-5-6-16-11-17-14)13-3-1-12(2-4-13)19-9-7-15-8-10-19;11-8-1-3-9(4-2-8)17(15,16)14-10-5-6-12-7-13-10/h1-6,11,15H,7-10H2,(H,16,17,18);1-7H,(H,12,13,14). The van der Waals surface area contributed by atoms with E-state index in [2.05, 4.69) is 55.5 Å². The second-order valence-corrected chi connectivity index (χ2v) is 12.4. The van der Waals surface area contributed by atoms with Crippen molar-refractivity contribution < 1.29 is 16.8 Å². The predicted molar refractivity (Wildman–Crippen MR) is 151 cm³/mol. The highest BCUT2D eigenvalue weighted by Crippen LogP contribution is 2.20. The van der Waals surface area contributed by atoms with Gasteiger partial charge in [-0.2, -0.15) is 0 Å². The van der Waals surface area contributed by atoms with Crippen LogP contribution < -0.4 is 19.7 Å². The summed E-state index contributed by atoms with van der Waals surface area (Å²) in [6.45, 7) is 3.72. The van der Waals surface area contributed by atoms with Gasteiger partial charge in [-0.25, -0.2) is 36.8 Å². The fourth-order valence-corrected chi connectivity index (χ4v) is 5.75. The zero-order chi connectivity index (χ0) is 27.7. The first-order chi connectivity index (χ1) is 18.7. The summed E-state index contributed by atoms with van der Waals surface area (Å²) in [6, 6.07) is 16.2. The summed E-state index contributed by atoms with van der Waals surface area (Å²) in [5.74, 6) is 0.490. The van der Waals surface area contributed by atoms with Gasteiger partial charge in [-0.15, -0.1) is 0 Å². The molecule has 1 aliphatic rings. The van der Waals surface area contributed by atoms with Crippen LogP contribution in [0.5, 0.6) is 0 Å². The maximum atomic E-state index is 12.3. The van der Waals surface area contributed by atoms with E-state index in [0.29, 0.717) is 0 Å². The molecule has 1 saturated heterocycles. The third-order valence-corrected chi connectivity index (χ3v) is 8.66. The summed E-state index contributed by atoms with van der Waals surface area (Å²) in [7, 11) is -7.22. The number of halogens is 1. The molecule has 4 aromatic rings. The van der Waals surface area contributed by atoms with E-state index < -0.39 is 20.0 Å². The number of benzene rings is 2. The van der Waals surface area contributed by atoms with Crippen molar-refractivity contribution in [3.8, 4) is 0 Å². The molecule has 0 spiro atoms. The van der Waals surface area contributed by atoms with Crippen molar-refractivity contribution in [2.24, 2.45) is 0 Å². The number of hydrogen-bond donors (Lipinski definition) is 3. The van der Waals surface area contributed by atoms with Gasteiger partial charge in [0, 0.05) is 48.7 Å². The van der Waals surface area contributed by atoms with Crippen molar-refractivity contribution in [1.29, 1.82) is 0 Å². The molecule has 0 saturated carbocycles. The smallest absolute Gasteiger partial charge is 0.263 e. The molecule has 0 aliphatic carbocycles. The lowest BCUT2D eigenvalue weighted by Crippen LogP contribution is -2.43. The molecule has 5 rings (SSSR count). The van der Waals surface area contributed by atoms with Crippen LogP contribution in [0.1, 0.15) is 0 Å². The monoisotopic (exact) mass is 632 g/mol. The molecule has 1 aliphatic heterocycles. The van der Waals surface area contributed by atoms with E-state index in [1.54, 1.807) is 24.3 Å². The van der Waals surface area contributed by atoms with Gasteiger partial charge in [0.1, 0.15) is 24.3 Å². The summed E-state index contributed by atoms with van der Waals surface area (Å²) in [5, 5.41) is 3.29. The number of anilines is 3. The van der Waals surface area contributed by atoms with Crippen LogP contribution in [0.4, 0.5) is 17.3 Å². The maximum absolute atomic E-state index is 12.3. The van der Waals surface area contributed by atoms with Crippen molar-refractivity contribution in [2.45, 2.75) is 9.79 Å². The van der Waals surface area contributed by atoms with Crippen molar-refractivity contribution in [3.63, 3.8) is 0 Å². The van der Waals surface area contributed by atoms with Crippen LogP contribution in [-0.2, 0) is 20.0 Å². The van der Waals surface area contributed by atoms with E-state index in [4.69, 9.17) is 0 Å². The van der Waals surface area contributed by atoms with E-state index in [1.165, 1.54) is 49.3 Å². The third kappa shape index (κ3) is 8.16. The first-order valence-corrected chi connectivity index (χ1v) is 15.4. The third-order valence-electron chi connectivity index (χ3n) is 5.39. The lowest BCUT2D eigenvalue weighted by Gasteiger charge is -2.29. The fourth-order valence-electron chi connectivity index (χ4n) is 3.47. The van der Waals surface area contributed by atoms with Crippen LogP contribution in [0, 0.1) is 0 Å². The zero-order valence-corrected chi connectivity index (χ0v) is 23.7. The fraction of sp³-hybridized carbons (Fsp3) is 0.167. The van der Waals surface area contributed by atoms with Crippen LogP contribution in [-0.4, -0.2) is 63.0 Å². The lowest BCUT2D eigenvalue weighted by molar-refractivity contribution is 0.588. The minimum absolute atomic E-state index is 0.180. The Bertz CT molecular complexity index is 1550. The number of hydrogen-bond acceptors (Lipinski definition) is 10. The molecule has 0 bridgehead atoms. The second kappa shape index (κ2) is 12.9. The summed E-state index contributed by atoms with van der Waals surface area (Å²) in [5.41, 5.74) is 1.03. The molecule has 2 aromatic heterocycles. The highest BCUT2D eigenvalue weighted by Gasteiger charge is 2.17. The molecule has 0 atom stereocenters. The number of piperazine rings is 1. The van der Waals surface area contributed by atoms with Crippen molar-refractivity contribution in [2.75, 3.05) is 40.5 Å². The van der Waals surface area contributed by atoms with E-state index in [-0.39, 0.29) is 21.4 Å². The molecule has 1 fully saturated rings. The van der Waals surface area contributed by atoms with Crippen molar-refractivity contribution in [1.82, 2.24) is 25.3 Å². The summed E-state index contributed by atoms with van der Waals surface area (Å²) < 4.78 is 54.0. The number of aromatic nitrogens is 4. The highest BCUT2D eigenvalue weighted by molar-refractivity contribution is 9.10. The molecule has 15 heteroatoms. The van der Waals surface area contributed by atoms with Crippen molar-refractivity contribution >= 4 is 53.3 Å². The van der Waals surface area contributed by atoms with Gasteiger partial charge in [-0.1, -0.05) is 15.9 Å². The first-order valence-electron chi connectivity index (χ1n) is 11.6. The van der Waals surface area contributed by atoms with Crippen LogP contribution in [0.15, 0.2) is 100.0 Å². The quantitative estimate of drug-likeness (QED) is 0.276. The molecule has 0 amide bonds. The summed E-state index contributed by atoms with van der Waals surface area (Å²) in [6.07, 6.45) is 5.52. The molecule has 0 radical (unpaired) electrons. The predicted octanol–water partition coefficient (Wildman–Crippen LogP) is 2.73. The van der Waals surface area contributed by atoms with E-state index in [1.807, 2.05) is 12.1 Å². The minimum atomic E-state index is -3.63. The molecule has 0 unspecified atom stereocenters. The summed E-state index contributed by atoms with van der Waals surface area (Å²) >= 11 is 3.24. The number of sulfonamides is 2. The van der Waals surface area contributed by atoms with Crippen LogP contribution in [0.2, 0.25) is 0 Å². The second-order valence-electron chi connectivity index (χ2n) is 8.09. The van der Waals surface area contributed by atoms with E-state index in [9.17, 15) is 16.8 Å². The molecule has 204 valence electrons. The van der Waals surface area contributed by atoms with E-state index >= 15 is 0 Å². The Balaban J connectivity index is 0.000000187. The molecular formula is C24H25BrN8O4S2. The Morgan fingerprint density at radius 3 is 1.59 bits per heavy atom. The van der Waals surface area contributed by atoms with Gasteiger partial charge in [0.15, 0.2) is 0 Å². The van der Waals surface area contributed by atoms with Gasteiger partial charge in [0.2, 0.25) is 0 Å². The topological polar surface area (TPSA) is 159 Å². The van der Waals surface area contributed by atoms with Gasteiger partial charge in [-0.3, -0.25) is 9.44 Å². The van der Waals surface area contributed by atoms with Gasteiger partial charge in [-0.05, 0) is 60.7 Å². The number of rotatable bonds is 7. The van der Waals surface area contributed by atoms with Crippen LogP contribution in [0.25, 0.3) is 0 Å². The summed E-state index contributed by atoms with van der Waals surface area (Å²) in [4.78, 5) is 17.7. The van der Waals surface area contributed by atoms with E-state index in [0.717, 1.165) is 36.3 Å². The molecule has 3 N–H and O–H groups in total. The Morgan fingerprint density at radius 1 is 0.692 bits per heavy atom. The lowest BCUT2D eigenvalue weighted by atomic mass is 10.2. The molecular weight excluding hydrogens is 608 g/mol. The molecule has 39 heavy (non-hydrogen) atoms. The first kappa shape index (κ1) is 28.4. The van der Waals surface area contributed by atoms with Crippen LogP contribution in [0.3, 0.4) is 0 Å². The van der Waals surface area contributed by atoms with Gasteiger partial charge >= 0.3 is 0 Å². The number of nitrogens with one attached hydrogen (secondary N) is 3. The Kier molecular flexibility index (Phi) is 9.40. The van der Waals surface area contributed by atoms with Gasteiger partial charge in [0.25, 0.3) is 20.0 Å². The molecule has 2 aromatic carbocycles. The Morgan fingerprint density at radius 2 is 1.15 bits per heavy atom. The van der Waals surface area contributed by atoms with Gasteiger partial charge < -0.3 is 10.2 Å². The van der Waals surface area contributed by atoms with Gasteiger partial charge in [0.05, 0.1) is 9.79 Å². The van der Waals surface area contributed by atoms with Crippen LogP contribution >= 0.6 is 15.9 Å². The van der Waals surface area contributed by atoms with Crippen molar-refractivity contribution in [3.05, 3.63) is 90.2 Å². The molecule has 3 heterocycles. The highest BCUT2D eigenvalue weighted by atomic mass is 79.9. The largest absolute Gasteiger partial charge is 0.369 e. The Hall–Kier alpha value is -3.66. The maximum Gasteiger partial charge on any atom is 0.263 e. The normalized spacial score (nSPS) is 13.6. The molecule has 12 nitrogen and oxygen atoms in total.